The Kier molecular flexibility index (Phi) is 1.90. The van der Waals surface area contributed by atoms with Gasteiger partial charge in [-0.25, -0.2) is 0 Å². The van der Waals surface area contributed by atoms with Crippen LogP contribution in [0, 0.1) is 33.8 Å². The van der Waals surface area contributed by atoms with Crippen LogP contribution in [0.25, 0.3) is 0 Å². The zero-order valence-corrected chi connectivity index (χ0v) is 8.01. The Hall–Kier alpha value is -0.860. The maximum atomic E-state index is 10.9. The summed E-state index contributed by atoms with van der Waals surface area (Å²) >= 11 is 0. The van der Waals surface area contributed by atoms with Crippen LogP contribution in [0.3, 0.4) is 0 Å². The van der Waals surface area contributed by atoms with Crippen LogP contribution < -0.4 is 0 Å². The van der Waals surface area contributed by atoms with E-state index < -0.39 is 0 Å². The molecule has 0 saturated heterocycles. The Bertz CT molecular complexity index is 260. The summed E-state index contributed by atoms with van der Waals surface area (Å²) in [5.41, 5.74) is 0. The third kappa shape index (κ3) is 1.18. The molecule has 2 bridgehead atoms. The number of hydrogen-bond acceptors (Lipinski definition) is 2. The summed E-state index contributed by atoms with van der Waals surface area (Å²) in [5.74, 6) is 1.38. The van der Waals surface area contributed by atoms with E-state index in [1.807, 2.05) is 6.08 Å². The van der Waals surface area contributed by atoms with Crippen molar-refractivity contribution in [1.82, 2.24) is 0 Å². The van der Waals surface area contributed by atoms with E-state index in [-0.39, 0.29) is 22.8 Å². The number of hydrogen-bond donors (Lipinski definition) is 0. The first kappa shape index (κ1) is 8.73. The first-order valence-corrected chi connectivity index (χ1v) is 4.93. The second-order valence-corrected chi connectivity index (χ2v) is 4.55. The van der Waals surface area contributed by atoms with E-state index in [0.717, 1.165) is 6.42 Å². The van der Waals surface area contributed by atoms with Crippen molar-refractivity contribution in [2.45, 2.75) is 26.3 Å². The normalized spacial score (nSPS) is 41.8. The average Bonchev–Trinajstić information content (AvgIpc) is 2.60. The molecule has 2 aliphatic carbocycles. The van der Waals surface area contributed by atoms with Gasteiger partial charge in [0.15, 0.2) is 0 Å². The molecule has 0 heterocycles. The van der Waals surface area contributed by atoms with E-state index in [0.29, 0.717) is 11.8 Å². The van der Waals surface area contributed by atoms with Crippen LogP contribution in [0.5, 0.6) is 0 Å². The Labute approximate surface area is 78.0 Å². The lowest BCUT2D eigenvalue weighted by molar-refractivity contribution is -0.537. The minimum atomic E-state index is -0.310. The van der Waals surface area contributed by atoms with Crippen LogP contribution in [0.15, 0.2) is 12.2 Å². The van der Waals surface area contributed by atoms with E-state index >= 15 is 0 Å². The van der Waals surface area contributed by atoms with Crippen LogP contribution in [-0.2, 0) is 0 Å². The summed E-state index contributed by atoms with van der Waals surface area (Å²) in [7, 11) is 0. The Morgan fingerprint density at radius 2 is 2.00 bits per heavy atom. The lowest BCUT2D eigenvalue weighted by Crippen LogP contribution is -2.35. The van der Waals surface area contributed by atoms with Gasteiger partial charge in [-0.2, -0.15) is 0 Å². The number of fused-ring (bicyclic) bond motifs is 2. The molecular formula is C10H15NO2. The minimum absolute atomic E-state index is 0.0706. The summed E-state index contributed by atoms with van der Waals surface area (Å²) in [4.78, 5) is 10.8. The molecule has 3 nitrogen and oxygen atoms in total. The highest BCUT2D eigenvalue weighted by Crippen LogP contribution is 2.47. The molecule has 3 heteroatoms. The van der Waals surface area contributed by atoms with Crippen molar-refractivity contribution in [3.63, 3.8) is 0 Å². The van der Waals surface area contributed by atoms with Gasteiger partial charge < -0.3 is 0 Å². The second kappa shape index (κ2) is 2.82. The lowest BCUT2D eigenvalue weighted by atomic mass is 9.81. The molecule has 2 aliphatic rings. The van der Waals surface area contributed by atoms with Gasteiger partial charge in [0.25, 0.3) is 0 Å². The largest absolute Gasteiger partial charge is 0.264 e. The minimum Gasteiger partial charge on any atom is -0.264 e. The van der Waals surface area contributed by atoms with E-state index in [2.05, 4.69) is 19.9 Å². The fraction of sp³-hybridized carbons (Fsp3) is 0.800. The molecule has 1 fully saturated rings. The Morgan fingerprint density at radius 3 is 2.46 bits per heavy atom. The molecule has 0 aromatic heterocycles. The van der Waals surface area contributed by atoms with Crippen molar-refractivity contribution in [2.24, 2.45) is 23.7 Å². The molecule has 0 N–H and O–H groups in total. The topological polar surface area (TPSA) is 43.1 Å². The van der Waals surface area contributed by atoms with Gasteiger partial charge in [-0.15, -0.1) is 0 Å². The average molecular weight is 181 g/mol. The predicted octanol–water partition coefficient (Wildman–Crippen LogP) is 2.11. The van der Waals surface area contributed by atoms with E-state index in [1.165, 1.54) is 0 Å². The fourth-order valence-electron chi connectivity index (χ4n) is 3.02. The third-order valence-electron chi connectivity index (χ3n) is 3.49. The lowest BCUT2D eigenvalue weighted by Gasteiger charge is -2.24. The molecule has 2 rings (SSSR count). The third-order valence-corrected chi connectivity index (χ3v) is 3.49. The molecule has 0 aromatic carbocycles. The van der Waals surface area contributed by atoms with Crippen LogP contribution >= 0.6 is 0 Å². The van der Waals surface area contributed by atoms with E-state index in [9.17, 15) is 10.1 Å². The van der Waals surface area contributed by atoms with Gasteiger partial charge in [-0.1, -0.05) is 26.0 Å². The van der Waals surface area contributed by atoms with E-state index in [1.54, 1.807) is 0 Å². The molecule has 0 aromatic rings. The standard InChI is InChI=1S/C10H15NO2/c1-6(2)9-7-3-4-8(5-7)10(9)11(12)13/h3-4,6-10H,5H2,1-2H3/t7-,8+,9?,10?/m0/s1. The maximum Gasteiger partial charge on any atom is 0.222 e. The zero-order chi connectivity index (χ0) is 9.59. The molecule has 0 radical (unpaired) electrons. The highest BCUT2D eigenvalue weighted by molar-refractivity contribution is 5.14. The van der Waals surface area contributed by atoms with E-state index in [4.69, 9.17) is 0 Å². The molecular weight excluding hydrogens is 166 g/mol. The number of nitro groups is 1. The van der Waals surface area contributed by atoms with Crippen molar-refractivity contribution in [1.29, 1.82) is 0 Å². The summed E-state index contributed by atoms with van der Waals surface area (Å²) < 4.78 is 0. The first-order chi connectivity index (χ1) is 6.11. The van der Waals surface area contributed by atoms with Crippen molar-refractivity contribution < 1.29 is 4.92 Å². The predicted molar refractivity (Wildman–Crippen MR) is 49.8 cm³/mol. The van der Waals surface area contributed by atoms with Crippen LogP contribution in [0.2, 0.25) is 0 Å². The second-order valence-electron chi connectivity index (χ2n) is 4.55. The van der Waals surface area contributed by atoms with Crippen molar-refractivity contribution >= 4 is 0 Å². The summed E-state index contributed by atoms with van der Waals surface area (Å²) in [5, 5.41) is 10.9. The van der Waals surface area contributed by atoms with Crippen LogP contribution in [0.4, 0.5) is 0 Å². The summed E-state index contributed by atoms with van der Waals surface area (Å²) in [6.45, 7) is 4.19. The van der Waals surface area contributed by atoms with Crippen molar-refractivity contribution in [3.05, 3.63) is 22.3 Å². The molecule has 0 aliphatic heterocycles. The van der Waals surface area contributed by atoms with Crippen LogP contribution in [-0.4, -0.2) is 11.0 Å². The van der Waals surface area contributed by atoms with Crippen molar-refractivity contribution in [2.75, 3.05) is 0 Å². The van der Waals surface area contributed by atoms with Gasteiger partial charge in [-0.3, -0.25) is 10.1 Å². The SMILES string of the molecule is CC(C)C1C([N+](=O)[O-])[C@@H]2C=C[C@H]1C2. The van der Waals surface area contributed by atoms with Crippen LogP contribution in [0.1, 0.15) is 20.3 Å². The highest BCUT2D eigenvalue weighted by atomic mass is 16.6. The van der Waals surface area contributed by atoms with Gasteiger partial charge in [0.1, 0.15) is 0 Å². The Balaban J connectivity index is 2.25. The Morgan fingerprint density at radius 1 is 1.38 bits per heavy atom. The van der Waals surface area contributed by atoms with Crippen molar-refractivity contribution in [3.8, 4) is 0 Å². The molecule has 4 atom stereocenters. The molecule has 2 unspecified atom stereocenters. The van der Waals surface area contributed by atoms with Gasteiger partial charge >= 0.3 is 0 Å². The molecule has 1 saturated carbocycles. The molecule has 13 heavy (non-hydrogen) atoms. The zero-order valence-electron chi connectivity index (χ0n) is 8.01. The highest BCUT2D eigenvalue weighted by Gasteiger charge is 2.52. The molecule has 0 spiro atoms. The number of allylic oxidation sites excluding steroid dienone is 1. The fourth-order valence-corrected chi connectivity index (χ4v) is 3.02. The first-order valence-electron chi connectivity index (χ1n) is 4.93. The number of nitrogens with zero attached hydrogens (tertiary/aromatic N) is 1. The smallest absolute Gasteiger partial charge is 0.222 e. The quantitative estimate of drug-likeness (QED) is 0.372. The summed E-state index contributed by atoms with van der Waals surface area (Å²) in [6.07, 6.45) is 5.22. The molecule has 0 amide bonds. The maximum absolute atomic E-state index is 10.9. The van der Waals surface area contributed by atoms with Gasteiger partial charge in [0.05, 0.1) is 0 Å². The monoisotopic (exact) mass is 181 g/mol. The van der Waals surface area contributed by atoms with Gasteiger partial charge in [0.2, 0.25) is 6.04 Å². The molecule has 72 valence electrons. The van der Waals surface area contributed by atoms with Gasteiger partial charge in [-0.05, 0) is 18.3 Å². The number of rotatable bonds is 2. The summed E-state index contributed by atoms with van der Waals surface area (Å²) in [6, 6.07) is -0.310. The van der Waals surface area contributed by atoms with Gasteiger partial charge in [0, 0.05) is 16.8 Å².